The molecule has 2 aromatic rings. The van der Waals surface area contributed by atoms with Gasteiger partial charge < -0.3 is 19.4 Å². The number of aryl methyl sites for hydroxylation is 1. The summed E-state index contributed by atoms with van der Waals surface area (Å²) in [5, 5.41) is 0.775. The molecule has 0 N–H and O–H groups in total. The molecule has 0 bridgehead atoms. The van der Waals surface area contributed by atoms with Gasteiger partial charge in [-0.1, -0.05) is 37.7 Å². The molecule has 200 valence electrons. The fourth-order valence-corrected chi connectivity index (χ4v) is 5.71. The van der Waals surface area contributed by atoms with Crippen LogP contribution in [0.25, 0.3) is 0 Å². The van der Waals surface area contributed by atoms with E-state index >= 15 is 0 Å². The number of esters is 1. The number of rotatable bonds is 9. The number of amides is 1. The number of carbonyl (C=O) groups is 2. The first-order valence-corrected chi connectivity index (χ1v) is 14.5. The Hall–Kier alpha value is -2.65. The second-order valence-electron chi connectivity index (χ2n) is 9.61. The number of carbonyl (C=O) groups excluding carboxylic acids is 2. The molecule has 2 aliphatic rings. The van der Waals surface area contributed by atoms with E-state index in [1.54, 1.807) is 16.7 Å². The van der Waals surface area contributed by atoms with Gasteiger partial charge in [0.1, 0.15) is 5.82 Å². The maximum absolute atomic E-state index is 13.2. The average Bonchev–Trinajstić information content (AvgIpc) is 2.96. The number of nitrogens with zero attached hydrogens (tertiary/aromatic N) is 5. The number of benzene rings is 1. The highest BCUT2D eigenvalue weighted by atomic mass is 32.2. The lowest BCUT2D eigenvalue weighted by molar-refractivity contribution is -0.149. The van der Waals surface area contributed by atoms with Crippen molar-refractivity contribution < 1.29 is 14.3 Å². The minimum absolute atomic E-state index is 0.0291. The van der Waals surface area contributed by atoms with Crippen LogP contribution in [-0.2, 0) is 21.7 Å². The lowest BCUT2D eigenvalue weighted by Crippen LogP contribution is -2.46. The van der Waals surface area contributed by atoms with Crippen molar-refractivity contribution in [2.75, 3.05) is 57.3 Å². The number of hydrogen-bond acceptors (Lipinski definition) is 8. The summed E-state index contributed by atoms with van der Waals surface area (Å²) >= 11 is 1.61. The summed E-state index contributed by atoms with van der Waals surface area (Å²) in [4.78, 5) is 41.7. The Labute approximate surface area is 224 Å². The zero-order valence-electron chi connectivity index (χ0n) is 22.3. The van der Waals surface area contributed by atoms with Crippen molar-refractivity contribution in [3.8, 4) is 0 Å². The molecule has 4 rings (SSSR count). The Morgan fingerprint density at radius 3 is 2.59 bits per heavy atom. The third kappa shape index (κ3) is 7.23. The summed E-state index contributed by atoms with van der Waals surface area (Å²) in [5.41, 5.74) is 2.76. The largest absolute Gasteiger partial charge is 0.466 e. The summed E-state index contributed by atoms with van der Waals surface area (Å²) in [6.07, 6.45) is 2.45. The normalized spacial score (nSPS) is 18.6. The van der Waals surface area contributed by atoms with Crippen molar-refractivity contribution >= 4 is 29.5 Å². The molecule has 0 unspecified atom stereocenters. The van der Waals surface area contributed by atoms with Crippen molar-refractivity contribution in [2.45, 2.75) is 50.9 Å². The van der Waals surface area contributed by atoms with Gasteiger partial charge in [0.15, 0.2) is 5.16 Å². The fourth-order valence-electron chi connectivity index (χ4n) is 4.90. The third-order valence-corrected chi connectivity index (χ3v) is 8.04. The minimum atomic E-state index is -0.237. The van der Waals surface area contributed by atoms with Crippen molar-refractivity contribution in [1.29, 1.82) is 0 Å². The predicted octanol–water partition coefficient (Wildman–Crippen LogP) is 3.89. The third-order valence-electron chi connectivity index (χ3n) is 7.12. The zero-order chi connectivity index (χ0) is 26.2. The smallest absolute Gasteiger partial charge is 0.310 e. The van der Waals surface area contributed by atoms with Crippen molar-refractivity contribution in [3.05, 3.63) is 47.2 Å². The first kappa shape index (κ1) is 27.4. The molecule has 0 saturated carbocycles. The van der Waals surface area contributed by atoms with Gasteiger partial charge in [-0.15, -0.1) is 0 Å². The molecular formula is C28H39N5O3S. The molecule has 3 heterocycles. The molecule has 8 nitrogen and oxygen atoms in total. The van der Waals surface area contributed by atoms with E-state index in [1.807, 2.05) is 31.2 Å². The summed E-state index contributed by atoms with van der Waals surface area (Å²) in [5.74, 6) is 1.22. The van der Waals surface area contributed by atoms with Gasteiger partial charge in [0.2, 0.25) is 0 Å². The first-order valence-electron chi connectivity index (χ1n) is 13.5. The maximum Gasteiger partial charge on any atom is 0.310 e. The van der Waals surface area contributed by atoms with Crippen molar-refractivity contribution in [2.24, 2.45) is 5.92 Å². The lowest BCUT2D eigenvalue weighted by atomic mass is 9.97. The molecule has 1 atom stereocenters. The minimum Gasteiger partial charge on any atom is -0.466 e. The van der Waals surface area contributed by atoms with Gasteiger partial charge >= 0.3 is 5.97 Å². The lowest BCUT2D eigenvalue weighted by Gasteiger charge is -2.34. The summed E-state index contributed by atoms with van der Waals surface area (Å²) < 4.78 is 5.18. The van der Waals surface area contributed by atoms with Gasteiger partial charge in [-0.3, -0.25) is 9.59 Å². The van der Waals surface area contributed by atoms with E-state index in [1.165, 1.54) is 0 Å². The molecule has 1 aromatic carbocycles. The van der Waals surface area contributed by atoms with Crippen LogP contribution in [0.4, 0.5) is 5.82 Å². The first-order chi connectivity index (χ1) is 18.0. The number of likely N-dealkylation sites (tertiary alicyclic amines) is 1. The second kappa shape index (κ2) is 13.2. The number of piperidine rings is 1. The van der Waals surface area contributed by atoms with Gasteiger partial charge in [0.25, 0.3) is 5.91 Å². The maximum atomic E-state index is 13.2. The molecule has 2 fully saturated rings. The molecule has 0 spiro atoms. The number of hydrogen-bond donors (Lipinski definition) is 0. The monoisotopic (exact) mass is 525 g/mol. The molecule has 2 saturated heterocycles. The van der Waals surface area contributed by atoms with Crippen LogP contribution in [0.5, 0.6) is 0 Å². The molecule has 0 aliphatic carbocycles. The summed E-state index contributed by atoms with van der Waals surface area (Å²) in [6, 6.07) is 9.89. The highest BCUT2D eigenvalue weighted by molar-refractivity contribution is 7.98. The quantitative estimate of drug-likeness (QED) is 0.277. The van der Waals surface area contributed by atoms with Crippen LogP contribution >= 0.6 is 11.8 Å². The highest BCUT2D eigenvalue weighted by Crippen LogP contribution is 2.25. The molecule has 0 radical (unpaired) electrons. The van der Waals surface area contributed by atoms with Crippen LogP contribution in [0, 0.1) is 5.92 Å². The van der Waals surface area contributed by atoms with Gasteiger partial charge in [0, 0.05) is 62.3 Å². The van der Waals surface area contributed by atoms with E-state index in [0.717, 1.165) is 74.2 Å². The Kier molecular flexibility index (Phi) is 9.80. The van der Waals surface area contributed by atoms with Crippen LogP contribution in [-0.4, -0.2) is 84.1 Å². The number of likely N-dealkylation sites (N-methyl/N-ethyl adjacent to an activating group) is 1. The van der Waals surface area contributed by atoms with Crippen LogP contribution in [0.2, 0.25) is 0 Å². The number of thioether (sulfide) groups is 1. The average molecular weight is 526 g/mol. The Morgan fingerprint density at radius 1 is 1.05 bits per heavy atom. The molecule has 2 aliphatic heterocycles. The molecular weight excluding hydrogens is 486 g/mol. The standard InChI is InChI=1S/C28H39N5O3S/c1-4-24-18-25(32-15-13-31(5-2)14-16-32)30-28(29-24)37-20-21-9-7-10-22(17-21)26(34)33-12-8-11-23(19-33)27(35)36-6-3/h7,9-10,17-18,23H,4-6,8,11-16,19-20H2,1-3H3/t23-/m1/s1. The van der Waals surface area contributed by atoms with Crippen LogP contribution in [0.15, 0.2) is 35.5 Å². The summed E-state index contributed by atoms with van der Waals surface area (Å²) in [6.45, 7) is 12.8. The Morgan fingerprint density at radius 2 is 1.86 bits per heavy atom. The predicted molar refractivity (Wildman–Crippen MR) is 147 cm³/mol. The van der Waals surface area contributed by atoms with E-state index in [9.17, 15) is 9.59 Å². The Balaban J connectivity index is 1.40. The number of piperazine rings is 1. The second-order valence-corrected chi connectivity index (χ2v) is 10.5. The van der Waals surface area contributed by atoms with Crippen LogP contribution < -0.4 is 4.90 Å². The zero-order valence-corrected chi connectivity index (χ0v) is 23.1. The number of anilines is 1. The van der Waals surface area contributed by atoms with Gasteiger partial charge in [-0.05, 0) is 50.4 Å². The highest BCUT2D eigenvalue weighted by Gasteiger charge is 2.30. The molecule has 1 amide bonds. The Bertz CT molecular complexity index is 1070. The number of ether oxygens (including phenoxy) is 1. The van der Waals surface area contributed by atoms with Crippen molar-refractivity contribution in [1.82, 2.24) is 19.8 Å². The van der Waals surface area contributed by atoms with Gasteiger partial charge in [0.05, 0.1) is 12.5 Å². The topological polar surface area (TPSA) is 78.9 Å². The SMILES string of the molecule is CCOC(=O)[C@@H]1CCCN(C(=O)c2cccc(CSc3nc(CC)cc(N4CCN(CC)CC4)n3)c2)C1. The van der Waals surface area contributed by atoms with Crippen molar-refractivity contribution in [3.63, 3.8) is 0 Å². The van der Waals surface area contributed by atoms with E-state index in [4.69, 9.17) is 14.7 Å². The summed E-state index contributed by atoms with van der Waals surface area (Å²) in [7, 11) is 0. The fraction of sp³-hybridized carbons (Fsp3) is 0.571. The molecule has 1 aromatic heterocycles. The van der Waals surface area contributed by atoms with Crippen LogP contribution in [0.3, 0.4) is 0 Å². The van der Waals surface area contributed by atoms with E-state index in [2.05, 4.69) is 29.7 Å². The molecule has 9 heteroatoms. The van der Waals surface area contributed by atoms with Crippen LogP contribution in [0.1, 0.15) is 55.2 Å². The van der Waals surface area contributed by atoms with E-state index in [-0.39, 0.29) is 17.8 Å². The number of aromatic nitrogens is 2. The molecule has 37 heavy (non-hydrogen) atoms. The van der Waals surface area contributed by atoms with Gasteiger partial charge in [-0.25, -0.2) is 9.97 Å². The van der Waals surface area contributed by atoms with E-state index < -0.39 is 0 Å². The van der Waals surface area contributed by atoms with E-state index in [0.29, 0.717) is 31.0 Å². The van der Waals surface area contributed by atoms with Gasteiger partial charge in [-0.2, -0.15) is 0 Å².